The zero-order chi connectivity index (χ0) is 14.8. The summed E-state index contributed by atoms with van der Waals surface area (Å²) in [6.45, 7) is 1.81. The molecule has 0 aliphatic carbocycles. The molecule has 1 aliphatic rings. The summed E-state index contributed by atoms with van der Waals surface area (Å²) in [5.74, 6) is 0.540. The lowest BCUT2D eigenvalue weighted by molar-refractivity contribution is 0.0572. The van der Waals surface area contributed by atoms with Crippen molar-refractivity contribution in [1.82, 2.24) is 4.90 Å². The van der Waals surface area contributed by atoms with Gasteiger partial charge in [0.05, 0.1) is 17.1 Å². The number of hydrogen-bond acceptors (Lipinski definition) is 6. The first-order valence-corrected chi connectivity index (χ1v) is 7.75. The molecule has 2 atom stereocenters. The average Bonchev–Trinajstić information content (AvgIpc) is 2.68. The summed E-state index contributed by atoms with van der Waals surface area (Å²) in [6.07, 6.45) is -1.41. The Morgan fingerprint density at radius 3 is 2.25 bits per heavy atom. The maximum absolute atomic E-state index is 11.1. The lowest BCUT2D eigenvalue weighted by Gasteiger charge is -2.15. The highest BCUT2D eigenvalue weighted by Gasteiger charge is 2.28. The first kappa shape index (κ1) is 15.2. The number of hydrogen-bond donors (Lipinski definition) is 3. The van der Waals surface area contributed by atoms with Gasteiger partial charge in [-0.1, -0.05) is 0 Å². The van der Waals surface area contributed by atoms with E-state index in [1.165, 1.54) is 24.3 Å². The summed E-state index contributed by atoms with van der Waals surface area (Å²) in [6, 6.07) is 5.84. The highest BCUT2D eigenvalue weighted by atomic mass is 32.2. The fraction of sp³-hybridized carbons (Fsp3) is 0.500. The van der Waals surface area contributed by atoms with Gasteiger partial charge < -0.3 is 14.9 Å². The minimum atomic E-state index is -3.68. The topological polar surface area (TPSA) is 113 Å². The summed E-state index contributed by atoms with van der Waals surface area (Å²) in [4.78, 5) is 1.93. The molecule has 1 aliphatic heterocycles. The van der Waals surface area contributed by atoms with Crippen molar-refractivity contribution in [3.63, 3.8) is 0 Å². The van der Waals surface area contributed by atoms with Gasteiger partial charge in [-0.15, -0.1) is 0 Å². The number of aliphatic hydroxyl groups excluding tert-OH is 2. The van der Waals surface area contributed by atoms with E-state index in [-0.39, 0.29) is 4.90 Å². The number of primary sulfonamides is 1. The molecular weight excluding hydrogens is 284 g/mol. The Morgan fingerprint density at radius 2 is 1.75 bits per heavy atom. The molecule has 2 unspecified atom stereocenters. The van der Waals surface area contributed by atoms with E-state index in [0.29, 0.717) is 32.0 Å². The zero-order valence-electron chi connectivity index (χ0n) is 10.8. The molecule has 7 nitrogen and oxygen atoms in total. The molecule has 8 heteroatoms. The lowest BCUT2D eigenvalue weighted by atomic mass is 10.3. The van der Waals surface area contributed by atoms with Gasteiger partial charge in [0, 0.05) is 19.6 Å². The molecule has 2 rings (SSSR count). The summed E-state index contributed by atoms with van der Waals surface area (Å²) in [5.41, 5.74) is 0. The number of rotatable bonds is 5. The maximum atomic E-state index is 11.1. The molecule has 20 heavy (non-hydrogen) atoms. The Bertz CT molecular complexity index is 535. The van der Waals surface area contributed by atoms with Gasteiger partial charge in [-0.05, 0) is 24.3 Å². The van der Waals surface area contributed by atoms with Gasteiger partial charge in [0.25, 0.3) is 0 Å². The summed E-state index contributed by atoms with van der Waals surface area (Å²) < 4.78 is 27.6. The minimum absolute atomic E-state index is 0.0376. The third-order valence-electron chi connectivity index (χ3n) is 3.16. The lowest BCUT2D eigenvalue weighted by Crippen LogP contribution is -2.27. The number of benzene rings is 1. The molecular formula is C12H18N2O5S. The molecule has 1 aromatic rings. The molecule has 1 fully saturated rings. The number of nitrogens with two attached hydrogens (primary N) is 1. The monoisotopic (exact) mass is 302 g/mol. The number of aliphatic hydroxyl groups is 2. The van der Waals surface area contributed by atoms with E-state index < -0.39 is 22.2 Å². The molecule has 0 saturated carbocycles. The van der Waals surface area contributed by atoms with Gasteiger partial charge in [0.1, 0.15) is 12.4 Å². The molecule has 1 heterocycles. The third kappa shape index (κ3) is 3.90. The van der Waals surface area contributed by atoms with Gasteiger partial charge in [0.15, 0.2) is 0 Å². The van der Waals surface area contributed by atoms with Gasteiger partial charge in [0.2, 0.25) is 10.0 Å². The number of nitrogens with zero attached hydrogens (tertiary/aromatic N) is 1. The van der Waals surface area contributed by atoms with Crippen LogP contribution in [0.5, 0.6) is 5.75 Å². The van der Waals surface area contributed by atoms with E-state index in [9.17, 15) is 18.6 Å². The van der Waals surface area contributed by atoms with Crippen LogP contribution in [0.25, 0.3) is 0 Å². The van der Waals surface area contributed by atoms with E-state index >= 15 is 0 Å². The van der Waals surface area contributed by atoms with E-state index in [1.807, 2.05) is 4.90 Å². The van der Waals surface area contributed by atoms with Crippen LogP contribution >= 0.6 is 0 Å². The summed E-state index contributed by atoms with van der Waals surface area (Å²) in [5, 5.41) is 23.8. The predicted octanol–water partition coefficient (Wildman–Crippen LogP) is -1.25. The van der Waals surface area contributed by atoms with Crippen molar-refractivity contribution >= 4 is 10.0 Å². The second-order valence-electron chi connectivity index (χ2n) is 4.76. The molecule has 112 valence electrons. The van der Waals surface area contributed by atoms with Crippen LogP contribution in [-0.4, -0.2) is 62.0 Å². The van der Waals surface area contributed by atoms with Gasteiger partial charge in [-0.3, -0.25) is 4.90 Å². The normalized spacial score (nSPS) is 23.9. The Morgan fingerprint density at radius 1 is 1.20 bits per heavy atom. The van der Waals surface area contributed by atoms with Crippen molar-refractivity contribution in [3.8, 4) is 5.75 Å². The second kappa shape index (κ2) is 6.06. The Balaban J connectivity index is 1.80. The average molecular weight is 302 g/mol. The standard InChI is InChI=1S/C12H18N2O5S/c13-20(17,18)10-3-1-9(2-4-10)19-6-5-14-7-11(15)12(16)8-14/h1-4,11-12,15-16H,5-8H2,(H2,13,17,18). The predicted molar refractivity (Wildman–Crippen MR) is 71.8 cm³/mol. The van der Waals surface area contributed by atoms with Crippen LogP contribution in [0.4, 0.5) is 0 Å². The summed E-state index contributed by atoms with van der Waals surface area (Å²) in [7, 11) is -3.68. The second-order valence-corrected chi connectivity index (χ2v) is 6.32. The van der Waals surface area contributed by atoms with Crippen molar-refractivity contribution in [2.75, 3.05) is 26.2 Å². The van der Waals surface area contributed by atoms with Crippen molar-refractivity contribution in [2.45, 2.75) is 17.1 Å². The zero-order valence-corrected chi connectivity index (χ0v) is 11.7. The minimum Gasteiger partial charge on any atom is -0.492 e. The van der Waals surface area contributed by atoms with E-state index in [0.717, 1.165) is 0 Å². The van der Waals surface area contributed by atoms with Crippen LogP contribution in [0.15, 0.2) is 29.2 Å². The van der Waals surface area contributed by atoms with E-state index in [4.69, 9.17) is 9.88 Å². The maximum Gasteiger partial charge on any atom is 0.238 e. The van der Waals surface area contributed by atoms with Crippen molar-refractivity contribution in [3.05, 3.63) is 24.3 Å². The highest BCUT2D eigenvalue weighted by molar-refractivity contribution is 7.89. The van der Waals surface area contributed by atoms with Crippen LogP contribution in [-0.2, 0) is 10.0 Å². The fourth-order valence-corrected chi connectivity index (χ4v) is 2.56. The quantitative estimate of drug-likeness (QED) is 0.626. The van der Waals surface area contributed by atoms with E-state index in [2.05, 4.69) is 0 Å². The van der Waals surface area contributed by atoms with E-state index in [1.54, 1.807) is 0 Å². The highest BCUT2D eigenvalue weighted by Crippen LogP contribution is 2.15. The first-order chi connectivity index (χ1) is 9.36. The molecule has 0 bridgehead atoms. The number of β-amino-alcohol motifs (C(OH)–C–C–N with tert-alkyl or cyclic N) is 2. The number of likely N-dealkylation sites (tertiary alicyclic amines) is 1. The molecule has 0 spiro atoms. The molecule has 1 aromatic carbocycles. The van der Waals surface area contributed by atoms with Gasteiger partial charge in [-0.2, -0.15) is 0 Å². The Hall–Kier alpha value is -1.19. The number of sulfonamides is 1. The molecule has 0 aromatic heterocycles. The van der Waals surface area contributed by atoms with Crippen molar-refractivity contribution < 1.29 is 23.4 Å². The Labute approximate surface area is 117 Å². The molecule has 4 N–H and O–H groups in total. The van der Waals surface area contributed by atoms with Gasteiger partial charge >= 0.3 is 0 Å². The largest absolute Gasteiger partial charge is 0.492 e. The molecule has 1 saturated heterocycles. The van der Waals surface area contributed by atoms with Crippen LogP contribution in [0.1, 0.15) is 0 Å². The summed E-state index contributed by atoms with van der Waals surface area (Å²) >= 11 is 0. The Kier molecular flexibility index (Phi) is 4.61. The number of ether oxygens (including phenoxy) is 1. The van der Waals surface area contributed by atoms with Crippen LogP contribution < -0.4 is 9.88 Å². The van der Waals surface area contributed by atoms with Crippen LogP contribution in [0.3, 0.4) is 0 Å². The third-order valence-corrected chi connectivity index (χ3v) is 4.09. The SMILES string of the molecule is NS(=O)(=O)c1ccc(OCCN2CC(O)C(O)C2)cc1. The van der Waals surface area contributed by atoms with Crippen LogP contribution in [0.2, 0.25) is 0 Å². The van der Waals surface area contributed by atoms with Crippen LogP contribution in [0, 0.1) is 0 Å². The molecule has 0 radical (unpaired) electrons. The van der Waals surface area contributed by atoms with Crippen molar-refractivity contribution in [2.24, 2.45) is 5.14 Å². The fourth-order valence-electron chi connectivity index (χ4n) is 2.05. The van der Waals surface area contributed by atoms with Crippen molar-refractivity contribution in [1.29, 1.82) is 0 Å². The molecule has 0 amide bonds. The van der Waals surface area contributed by atoms with Gasteiger partial charge in [-0.25, -0.2) is 13.6 Å². The first-order valence-electron chi connectivity index (χ1n) is 6.20. The smallest absolute Gasteiger partial charge is 0.238 e.